The summed E-state index contributed by atoms with van der Waals surface area (Å²) in [6, 6.07) is 0. The third-order valence-electron chi connectivity index (χ3n) is 17.2. The molecule has 16 nitrogen and oxygen atoms in total. The highest BCUT2D eigenvalue weighted by Gasteiger charge is 2.70. The number of ketones is 1. The van der Waals surface area contributed by atoms with Crippen LogP contribution in [0.3, 0.4) is 0 Å². The molecular weight excluding hydrogens is 760 g/mol. The van der Waals surface area contributed by atoms with Crippen molar-refractivity contribution in [3.63, 3.8) is 0 Å². The summed E-state index contributed by atoms with van der Waals surface area (Å²) in [5, 5.41) is 85.1. The first-order chi connectivity index (χ1) is 26.8. The number of aliphatic hydroxyl groups excluding tert-OH is 5. The molecular formula is C42H61O16-. The van der Waals surface area contributed by atoms with Crippen LogP contribution < -0.4 is 5.11 Å². The summed E-state index contributed by atoms with van der Waals surface area (Å²) in [5.74, 6) is -4.80. The van der Waals surface area contributed by atoms with Crippen LogP contribution in [0.5, 0.6) is 0 Å². The van der Waals surface area contributed by atoms with E-state index in [2.05, 4.69) is 27.7 Å². The van der Waals surface area contributed by atoms with Gasteiger partial charge in [0.25, 0.3) is 0 Å². The monoisotopic (exact) mass is 821 g/mol. The van der Waals surface area contributed by atoms with Gasteiger partial charge < -0.3 is 64.6 Å². The Bertz CT molecular complexity index is 1730. The fourth-order valence-corrected chi connectivity index (χ4v) is 13.4. The molecule has 7 aliphatic rings. The Kier molecular flexibility index (Phi) is 10.7. The minimum Gasteiger partial charge on any atom is -0.550 e. The molecule has 2 saturated heterocycles. The summed E-state index contributed by atoms with van der Waals surface area (Å²) >= 11 is 0. The normalized spacial score (nSPS) is 52.6. The van der Waals surface area contributed by atoms with Crippen molar-refractivity contribution in [2.45, 2.75) is 174 Å². The van der Waals surface area contributed by atoms with Gasteiger partial charge in [-0.1, -0.05) is 54.0 Å². The number of aliphatic hydroxyl groups is 5. The molecule has 0 bridgehead atoms. The van der Waals surface area contributed by atoms with Crippen LogP contribution in [0, 0.1) is 50.2 Å². The first-order valence-corrected chi connectivity index (χ1v) is 20.7. The number of carboxylic acid groups (broad SMARTS) is 3. The molecule has 19 atom stereocenters. The second-order valence-electron chi connectivity index (χ2n) is 20.6. The zero-order valence-electron chi connectivity index (χ0n) is 34.3. The van der Waals surface area contributed by atoms with Crippen LogP contribution in [0.2, 0.25) is 0 Å². The zero-order valence-corrected chi connectivity index (χ0v) is 34.3. The van der Waals surface area contributed by atoms with Gasteiger partial charge in [-0.05, 0) is 103 Å². The van der Waals surface area contributed by atoms with Crippen LogP contribution in [0.15, 0.2) is 11.6 Å². The maximum atomic E-state index is 14.8. The number of ether oxygens (including phenoxy) is 4. The van der Waals surface area contributed by atoms with Crippen LogP contribution in [-0.4, -0.2) is 127 Å². The highest BCUT2D eigenvalue weighted by atomic mass is 16.8. The highest BCUT2D eigenvalue weighted by Crippen LogP contribution is 2.75. The van der Waals surface area contributed by atoms with Crippen molar-refractivity contribution in [2.75, 3.05) is 0 Å². The fourth-order valence-electron chi connectivity index (χ4n) is 13.4. The zero-order chi connectivity index (χ0) is 42.9. The smallest absolute Gasteiger partial charge is 0.335 e. The number of carboxylic acids is 3. The lowest BCUT2D eigenvalue weighted by Crippen LogP contribution is -2.68. The number of allylic oxidation sites excluding steroid dienone is 2. The number of aliphatic carboxylic acids is 3. The first-order valence-electron chi connectivity index (χ1n) is 20.7. The van der Waals surface area contributed by atoms with Crippen LogP contribution in [0.4, 0.5) is 0 Å². The standard InChI is InChI=1S/C42H62O16/c1-37(2)21-8-11-42(7)31(20(43)16-18-19-17-39(4,36(53)54)13-12-38(19,3)14-15-41(18,42)6)40(21,5)10-9-22(37)55-35-30(26(47)25(46)29(57-35)33(51)52)58-34-27(48)23(44)24(45)28(56-34)32(49)50/h16,19,21-31,34-35,44-48H,8-15,17H2,1-7H3,(H,49,50)(H,51,52)(H,53,54)/p-1/t19-,21-,22-,23+,24+,25+,26+,27-,28+,29+,30-,31?,34+,35+,38+,39-,40-,41+,42+/m0/s1. The van der Waals surface area contributed by atoms with Crippen molar-refractivity contribution in [1.29, 1.82) is 0 Å². The van der Waals surface area contributed by atoms with Crippen molar-refractivity contribution in [1.82, 2.24) is 0 Å². The van der Waals surface area contributed by atoms with E-state index in [4.69, 9.17) is 18.9 Å². The summed E-state index contributed by atoms with van der Waals surface area (Å²) in [4.78, 5) is 51.2. The lowest BCUT2D eigenvalue weighted by Gasteiger charge is -2.70. The minimum atomic E-state index is -2.05. The lowest BCUT2D eigenvalue weighted by atomic mass is 9.33. The minimum absolute atomic E-state index is 0.0471. The molecule has 326 valence electrons. The molecule has 0 amide bonds. The second kappa shape index (κ2) is 14.3. The van der Waals surface area contributed by atoms with Gasteiger partial charge in [-0.2, -0.15) is 0 Å². The summed E-state index contributed by atoms with van der Waals surface area (Å²) < 4.78 is 23.4. The van der Waals surface area contributed by atoms with Crippen molar-refractivity contribution in [3.05, 3.63) is 11.6 Å². The van der Waals surface area contributed by atoms with Gasteiger partial charge in [0.15, 0.2) is 30.6 Å². The summed E-state index contributed by atoms with van der Waals surface area (Å²) in [5.41, 5.74) is -2.03. The Labute approximate surface area is 337 Å². The molecule has 0 aromatic heterocycles. The van der Waals surface area contributed by atoms with Crippen molar-refractivity contribution < 1.29 is 79.0 Å². The highest BCUT2D eigenvalue weighted by molar-refractivity contribution is 5.95. The Balaban J connectivity index is 1.17. The van der Waals surface area contributed by atoms with Crippen molar-refractivity contribution >= 4 is 23.7 Å². The van der Waals surface area contributed by atoms with E-state index in [9.17, 15) is 60.0 Å². The molecule has 5 aliphatic carbocycles. The molecule has 7 N–H and O–H groups in total. The number of fused-ring (bicyclic) bond motifs is 7. The molecule has 7 rings (SSSR count). The number of hydrogen-bond acceptors (Lipinski definition) is 14. The van der Waals surface area contributed by atoms with Gasteiger partial charge in [0, 0.05) is 17.3 Å². The van der Waals surface area contributed by atoms with Gasteiger partial charge in [0.2, 0.25) is 0 Å². The Hall–Kier alpha value is -2.54. The molecule has 16 heteroatoms. The predicted molar refractivity (Wildman–Crippen MR) is 197 cm³/mol. The maximum Gasteiger partial charge on any atom is 0.335 e. The van der Waals surface area contributed by atoms with E-state index in [-0.39, 0.29) is 34.4 Å². The lowest BCUT2D eigenvalue weighted by molar-refractivity contribution is -0.371. The molecule has 2 aliphatic heterocycles. The van der Waals surface area contributed by atoms with E-state index in [1.807, 2.05) is 19.9 Å². The number of hydrogen-bond donors (Lipinski definition) is 7. The SMILES string of the molecule is CC1(C)[C@@H](O[C@@H]2O[C@@H](C(=O)O)[C@H](O)[C@@H](O)[C@@H]2O[C@H]2O[C@@H](C(=O)O)[C@H](O)[C@@H](O)[C@@H]2O)CC[C@]2(C)C3C(=O)C=C4[C@@H]5C[C@@](C)(C(=O)[O-])CC[C@]5(C)CC[C@@]4(C)[C@]3(C)CC[C@@H]12. The third-order valence-corrected chi connectivity index (χ3v) is 17.2. The second-order valence-corrected chi connectivity index (χ2v) is 20.6. The van der Waals surface area contributed by atoms with Crippen molar-refractivity contribution in [3.8, 4) is 0 Å². The molecule has 0 aromatic rings. The van der Waals surface area contributed by atoms with Gasteiger partial charge in [-0.15, -0.1) is 0 Å². The van der Waals surface area contributed by atoms with E-state index < -0.39 is 107 Å². The van der Waals surface area contributed by atoms with E-state index >= 15 is 0 Å². The quantitative estimate of drug-likeness (QED) is 0.176. The molecule has 1 unspecified atom stereocenters. The Morgan fingerprint density at radius 3 is 1.91 bits per heavy atom. The molecule has 0 radical (unpaired) electrons. The van der Waals surface area contributed by atoms with E-state index in [1.54, 1.807) is 6.92 Å². The van der Waals surface area contributed by atoms with Gasteiger partial charge in [-0.3, -0.25) is 4.79 Å². The summed E-state index contributed by atoms with van der Waals surface area (Å²) in [7, 11) is 0. The Morgan fingerprint density at radius 1 is 0.724 bits per heavy atom. The van der Waals surface area contributed by atoms with Gasteiger partial charge in [-0.25, -0.2) is 9.59 Å². The average Bonchev–Trinajstić information content (AvgIpc) is 3.13. The Morgan fingerprint density at radius 2 is 1.31 bits per heavy atom. The van der Waals surface area contributed by atoms with E-state index in [1.165, 1.54) is 0 Å². The maximum absolute atomic E-state index is 14.8. The largest absolute Gasteiger partial charge is 0.550 e. The third kappa shape index (κ3) is 6.25. The molecule has 6 fully saturated rings. The number of rotatable bonds is 7. The van der Waals surface area contributed by atoms with E-state index in [0.717, 1.165) is 24.8 Å². The molecule has 4 saturated carbocycles. The van der Waals surface area contributed by atoms with Gasteiger partial charge in [0.05, 0.1) is 6.10 Å². The predicted octanol–water partition coefficient (Wildman–Crippen LogP) is 0.911. The van der Waals surface area contributed by atoms with Crippen LogP contribution >= 0.6 is 0 Å². The van der Waals surface area contributed by atoms with E-state index in [0.29, 0.717) is 38.5 Å². The summed E-state index contributed by atoms with van der Waals surface area (Å²) in [6.45, 7) is 14.7. The van der Waals surface area contributed by atoms with Gasteiger partial charge >= 0.3 is 11.9 Å². The fraction of sp³-hybridized carbons (Fsp3) is 0.857. The number of carbonyl (C=O) groups excluding carboxylic acids is 2. The van der Waals surface area contributed by atoms with Crippen LogP contribution in [0.25, 0.3) is 0 Å². The topological polar surface area (TPSA) is 270 Å². The average molecular weight is 822 g/mol. The molecule has 2 heterocycles. The molecule has 58 heavy (non-hydrogen) atoms. The molecule has 0 aromatic carbocycles. The van der Waals surface area contributed by atoms with Crippen LogP contribution in [-0.2, 0) is 38.1 Å². The first kappa shape index (κ1) is 43.5. The van der Waals surface area contributed by atoms with Crippen molar-refractivity contribution in [2.24, 2.45) is 50.2 Å². The summed E-state index contributed by atoms with van der Waals surface area (Å²) in [6.07, 6.45) is -12.5. The number of carbonyl (C=O) groups is 4. The van der Waals surface area contributed by atoms with Gasteiger partial charge in [0.1, 0.15) is 36.6 Å². The molecule has 0 spiro atoms. The van der Waals surface area contributed by atoms with Crippen LogP contribution in [0.1, 0.15) is 106 Å².